The number of alkyl halides is 1. The minimum Gasteiger partial charge on any atom is -0.276 e. The van der Waals surface area contributed by atoms with Crippen molar-refractivity contribution in [2.24, 2.45) is 0 Å². The van der Waals surface area contributed by atoms with Crippen molar-refractivity contribution in [3.05, 3.63) is 23.3 Å². The quantitative estimate of drug-likeness (QED) is 0.291. The van der Waals surface area contributed by atoms with E-state index in [1.807, 2.05) is 6.92 Å². The van der Waals surface area contributed by atoms with E-state index in [9.17, 15) is 4.79 Å². The van der Waals surface area contributed by atoms with E-state index >= 15 is 0 Å². The summed E-state index contributed by atoms with van der Waals surface area (Å²) in [5.74, 6) is 0.418. The van der Waals surface area contributed by atoms with Gasteiger partial charge in [-0.05, 0) is 25.4 Å². The first-order valence-corrected chi connectivity index (χ1v) is 4.12. The Hall–Kier alpha value is -0.270. The van der Waals surface area contributed by atoms with Crippen LogP contribution < -0.4 is 0 Å². The first-order chi connectivity index (χ1) is 5.11. The molecule has 0 aromatic heterocycles. The first kappa shape index (κ1) is 10.7. The van der Waals surface area contributed by atoms with Gasteiger partial charge < -0.3 is 0 Å². The predicted molar refractivity (Wildman–Crippen MR) is 49.1 cm³/mol. The van der Waals surface area contributed by atoms with Gasteiger partial charge in [-0.3, -0.25) is 4.79 Å². The molecule has 62 valence electrons. The molecule has 0 amide bonds. The molecule has 0 aliphatic rings. The zero-order valence-corrected chi connectivity index (χ0v) is 8.04. The number of carbonyl (C=O) groups is 1. The SMILES string of the molecule is CC=C(C=C(C)CCl)C(=O)Cl. The van der Waals surface area contributed by atoms with Crippen molar-refractivity contribution in [1.29, 1.82) is 0 Å². The molecule has 0 saturated heterocycles. The molecule has 11 heavy (non-hydrogen) atoms. The van der Waals surface area contributed by atoms with Crippen LogP contribution in [0.5, 0.6) is 0 Å². The summed E-state index contributed by atoms with van der Waals surface area (Å²) in [5.41, 5.74) is 1.42. The standard InChI is InChI=1S/C8H10Cl2O/c1-3-7(8(10)11)4-6(2)5-9/h3-4H,5H2,1-2H3. The Morgan fingerprint density at radius 3 is 2.36 bits per heavy atom. The maximum absolute atomic E-state index is 10.6. The van der Waals surface area contributed by atoms with Crippen LogP contribution in [-0.4, -0.2) is 11.1 Å². The zero-order valence-electron chi connectivity index (χ0n) is 6.53. The van der Waals surface area contributed by atoms with Gasteiger partial charge in [0.1, 0.15) is 0 Å². The highest BCUT2D eigenvalue weighted by Crippen LogP contribution is 2.07. The molecule has 0 fully saturated rings. The molecular formula is C8H10Cl2O. The van der Waals surface area contributed by atoms with Crippen molar-refractivity contribution in [2.75, 3.05) is 5.88 Å². The Labute approximate surface area is 76.7 Å². The van der Waals surface area contributed by atoms with E-state index in [1.165, 1.54) is 0 Å². The number of halogens is 2. The lowest BCUT2D eigenvalue weighted by molar-refractivity contribution is -0.108. The average Bonchev–Trinajstić information content (AvgIpc) is 1.99. The molecule has 0 saturated carbocycles. The summed E-state index contributed by atoms with van der Waals surface area (Å²) in [5, 5.41) is -0.447. The van der Waals surface area contributed by atoms with Crippen LogP contribution in [0.25, 0.3) is 0 Å². The van der Waals surface area contributed by atoms with Gasteiger partial charge in [0.05, 0.1) is 0 Å². The van der Waals surface area contributed by atoms with E-state index < -0.39 is 5.24 Å². The molecule has 0 N–H and O–H groups in total. The monoisotopic (exact) mass is 192 g/mol. The molecule has 1 nitrogen and oxygen atoms in total. The molecule has 0 aliphatic carbocycles. The summed E-state index contributed by atoms with van der Waals surface area (Å²) in [7, 11) is 0. The van der Waals surface area contributed by atoms with Gasteiger partial charge in [-0.15, -0.1) is 11.6 Å². The van der Waals surface area contributed by atoms with Crippen molar-refractivity contribution < 1.29 is 4.79 Å². The molecule has 0 unspecified atom stereocenters. The van der Waals surface area contributed by atoms with Gasteiger partial charge in [0.2, 0.25) is 0 Å². The van der Waals surface area contributed by atoms with Gasteiger partial charge in [0.25, 0.3) is 5.24 Å². The summed E-state index contributed by atoms with van der Waals surface area (Å²) in [6.45, 7) is 3.60. The zero-order chi connectivity index (χ0) is 8.85. The molecule has 0 radical (unpaired) electrons. The van der Waals surface area contributed by atoms with Gasteiger partial charge in [0.15, 0.2) is 0 Å². The maximum Gasteiger partial charge on any atom is 0.252 e. The van der Waals surface area contributed by atoms with Crippen LogP contribution >= 0.6 is 23.2 Å². The second-order valence-corrected chi connectivity index (χ2v) is 2.75. The van der Waals surface area contributed by atoms with E-state index in [-0.39, 0.29) is 0 Å². The predicted octanol–water partition coefficient (Wildman–Crippen LogP) is 2.88. The van der Waals surface area contributed by atoms with Crippen LogP contribution in [0.3, 0.4) is 0 Å². The minimum absolute atomic E-state index is 0.418. The Kier molecular flexibility index (Phi) is 5.26. The lowest BCUT2D eigenvalue weighted by Crippen LogP contribution is -1.90. The second kappa shape index (κ2) is 5.39. The van der Waals surface area contributed by atoms with Crippen molar-refractivity contribution in [3.63, 3.8) is 0 Å². The minimum atomic E-state index is -0.447. The third-order valence-corrected chi connectivity index (χ3v) is 1.79. The second-order valence-electron chi connectivity index (χ2n) is 2.14. The van der Waals surface area contributed by atoms with Gasteiger partial charge in [-0.2, -0.15) is 0 Å². The topological polar surface area (TPSA) is 17.1 Å². The van der Waals surface area contributed by atoms with E-state index in [2.05, 4.69) is 0 Å². The normalized spacial score (nSPS) is 13.5. The molecule has 0 rings (SSSR count). The number of hydrogen-bond acceptors (Lipinski definition) is 1. The molecule has 0 aromatic carbocycles. The van der Waals surface area contributed by atoms with Gasteiger partial charge >= 0.3 is 0 Å². The molecule has 0 heterocycles. The van der Waals surface area contributed by atoms with Gasteiger partial charge in [-0.1, -0.05) is 17.7 Å². The van der Waals surface area contributed by atoms with Crippen molar-refractivity contribution >= 4 is 28.4 Å². The third-order valence-electron chi connectivity index (χ3n) is 1.15. The summed E-state index contributed by atoms with van der Waals surface area (Å²) in [6.07, 6.45) is 3.34. The van der Waals surface area contributed by atoms with E-state index in [1.54, 1.807) is 19.1 Å². The summed E-state index contributed by atoms with van der Waals surface area (Å²) < 4.78 is 0. The summed E-state index contributed by atoms with van der Waals surface area (Å²) >= 11 is 10.8. The van der Waals surface area contributed by atoms with E-state index in [0.717, 1.165) is 5.57 Å². The Bertz CT molecular complexity index is 204. The summed E-state index contributed by atoms with van der Waals surface area (Å²) in [4.78, 5) is 10.6. The molecule has 0 bridgehead atoms. The van der Waals surface area contributed by atoms with Crippen LogP contribution in [0.1, 0.15) is 13.8 Å². The Balaban J connectivity index is 4.45. The highest BCUT2D eigenvalue weighted by molar-refractivity contribution is 6.68. The van der Waals surface area contributed by atoms with Crippen LogP contribution in [-0.2, 0) is 4.79 Å². The van der Waals surface area contributed by atoms with Crippen LogP contribution in [0.2, 0.25) is 0 Å². The fourth-order valence-electron chi connectivity index (χ4n) is 0.558. The first-order valence-electron chi connectivity index (χ1n) is 3.21. The Morgan fingerprint density at radius 2 is 2.09 bits per heavy atom. The molecular weight excluding hydrogens is 183 g/mol. The van der Waals surface area contributed by atoms with Crippen molar-refractivity contribution in [3.8, 4) is 0 Å². The van der Waals surface area contributed by atoms with Crippen molar-refractivity contribution in [1.82, 2.24) is 0 Å². The largest absolute Gasteiger partial charge is 0.276 e. The highest BCUT2D eigenvalue weighted by atomic mass is 35.5. The van der Waals surface area contributed by atoms with Gasteiger partial charge in [0, 0.05) is 11.5 Å². The van der Waals surface area contributed by atoms with Crippen LogP contribution in [0.15, 0.2) is 23.3 Å². The fraction of sp³-hybridized carbons (Fsp3) is 0.375. The van der Waals surface area contributed by atoms with Crippen molar-refractivity contribution in [2.45, 2.75) is 13.8 Å². The van der Waals surface area contributed by atoms with E-state index in [4.69, 9.17) is 23.2 Å². The molecule has 0 atom stereocenters. The maximum atomic E-state index is 10.6. The molecule has 0 aromatic rings. The highest BCUT2D eigenvalue weighted by Gasteiger charge is 2.00. The molecule has 0 aliphatic heterocycles. The molecule has 0 spiro atoms. The van der Waals surface area contributed by atoms with E-state index in [0.29, 0.717) is 11.5 Å². The Morgan fingerprint density at radius 1 is 1.55 bits per heavy atom. The summed E-state index contributed by atoms with van der Waals surface area (Å²) in [6, 6.07) is 0. The number of allylic oxidation sites excluding steroid dienone is 4. The van der Waals surface area contributed by atoms with Crippen LogP contribution in [0.4, 0.5) is 0 Å². The average molecular weight is 193 g/mol. The van der Waals surface area contributed by atoms with Gasteiger partial charge in [-0.25, -0.2) is 0 Å². The number of carbonyl (C=O) groups excluding carboxylic acids is 1. The smallest absolute Gasteiger partial charge is 0.252 e. The van der Waals surface area contributed by atoms with Crippen LogP contribution in [0, 0.1) is 0 Å². The number of hydrogen-bond donors (Lipinski definition) is 0. The lowest BCUT2D eigenvalue weighted by Gasteiger charge is -1.94. The molecule has 3 heteroatoms. The fourth-order valence-corrected chi connectivity index (χ4v) is 0.798. The lowest BCUT2D eigenvalue weighted by atomic mass is 10.2. The third kappa shape index (κ3) is 4.23. The number of rotatable bonds is 3.